The third-order valence-corrected chi connectivity index (χ3v) is 2.52. The number of amides is 1. The standard InChI is InChI=1S/C12H14ClF2NO3/c1-7(17)2-5-11(18)16-8-3-4-10(9(13)6-8)19-12(14)15/h3-4,6-7,12,17H,2,5H2,1H3,(H,16,18). The van der Waals surface area contributed by atoms with Gasteiger partial charge in [0.1, 0.15) is 5.75 Å². The zero-order valence-corrected chi connectivity index (χ0v) is 11.0. The molecule has 0 aromatic heterocycles. The molecular weight excluding hydrogens is 280 g/mol. The number of aliphatic hydroxyl groups excluding tert-OH is 1. The first-order valence-corrected chi connectivity index (χ1v) is 5.98. The number of hydrogen-bond donors (Lipinski definition) is 2. The largest absolute Gasteiger partial charge is 0.433 e. The zero-order valence-electron chi connectivity index (χ0n) is 10.2. The van der Waals surface area contributed by atoms with E-state index < -0.39 is 12.7 Å². The molecule has 0 bridgehead atoms. The second kappa shape index (κ2) is 7.25. The van der Waals surface area contributed by atoms with Gasteiger partial charge in [-0.3, -0.25) is 4.79 Å². The summed E-state index contributed by atoms with van der Waals surface area (Å²) in [6.07, 6.45) is -0.0624. The molecule has 19 heavy (non-hydrogen) atoms. The quantitative estimate of drug-likeness (QED) is 0.847. The Kier molecular flexibility index (Phi) is 5.98. The van der Waals surface area contributed by atoms with Crippen LogP contribution < -0.4 is 10.1 Å². The molecule has 0 fully saturated rings. The van der Waals surface area contributed by atoms with Crippen LogP contribution in [0.2, 0.25) is 5.02 Å². The van der Waals surface area contributed by atoms with E-state index in [9.17, 15) is 13.6 Å². The Bertz CT molecular complexity index is 441. The highest BCUT2D eigenvalue weighted by Gasteiger charge is 2.10. The van der Waals surface area contributed by atoms with Gasteiger partial charge in [0.25, 0.3) is 0 Å². The van der Waals surface area contributed by atoms with Crippen LogP contribution in [0.4, 0.5) is 14.5 Å². The summed E-state index contributed by atoms with van der Waals surface area (Å²) in [6, 6.07) is 3.97. The molecule has 0 aliphatic heterocycles. The Morgan fingerprint density at radius 1 is 1.53 bits per heavy atom. The summed E-state index contributed by atoms with van der Waals surface area (Å²) in [5.41, 5.74) is 0.377. The summed E-state index contributed by atoms with van der Waals surface area (Å²) in [6.45, 7) is -1.37. The van der Waals surface area contributed by atoms with Crippen LogP contribution in [0.3, 0.4) is 0 Å². The van der Waals surface area contributed by atoms with Gasteiger partial charge in [0, 0.05) is 12.1 Å². The molecule has 1 unspecified atom stereocenters. The van der Waals surface area contributed by atoms with Crippen molar-refractivity contribution in [2.45, 2.75) is 32.5 Å². The van der Waals surface area contributed by atoms with Gasteiger partial charge in [-0.1, -0.05) is 11.6 Å². The van der Waals surface area contributed by atoms with E-state index in [2.05, 4.69) is 10.1 Å². The lowest BCUT2D eigenvalue weighted by molar-refractivity contribution is -0.116. The van der Waals surface area contributed by atoms with Gasteiger partial charge in [0.15, 0.2) is 0 Å². The molecule has 0 saturated heterocycles. The fourth-order valence-electron chi connectivity index (χ4n) is 1.33. The number of rotatable bonds is 6. The summed E-state index contributed by atoms with van der Waals surface area (Å²) in [4.78, 5) is 11.5. The molecule has 4 nitrogen and oxygen atoms in total. The van der Waals surface area contributed by atoms with Crippen LogP contribution in [0, 0.1) is 0 Å². The maximum atomic E-state index is 12.0. The molecule has 0 radical (unpaired) electrons. The van der Waals surface area contributed by atoms with Crippen LogP contribution in [0.1, 0.15) is 19.8 Å². The number of aliphatic hydroxyl groups is 1. The molecule has 0 aliphatic carbocycles. The van der Waals surface area contributed by atoms with Crippen molar-refractivity contribution in [3.63, 3.8) is 0 Å². The molecule has 1 amide bonds. The summed E-state index contributed by atoms with van der Waals surface area (Å²) < 4.78 is 28.2. The minimum absolute atomic E-state index is 0.0198. The second-order valence-corrected chi connectivity index (χ2v) is 4.37. The number of anilines is 1. The fraction of sp³-hybridized carbons (Fsp3) is 0.417. The van der Waals surface area contributed by atoms with Gasteiger partial charge in [-0.15, -0.1) is 0 Å². The van der Waals surface area contributed by atoms with Crippen molar-refractivity contribution in [3.05, 3.63) is 23.2 Å². The Hall–Kier alpha value is -1.40. The van der Waals surface area contributed by atoms with Gasteiger partial charge in [-0.25, -0.2) is 0 Å². The van der Waals surface area contributed by atoms with E-state index in [1.54, 1.807) is 6.92 Å². The molecule has 0 spiro atoms. The minimum atomic E-state index is -2.95. The average molecular weight is 294 g/mol. The third kappa shape index (κ3) is 5.85. The number of hydrogen-bond acceptors (Lipinski definition) is 3. The van der Waals surface area contributed by atoms with Gasteiger partial charge in [-0.2, -0.15) is 8.78 Å². The van der Waals surface area contributed by atoms with Crippen molar-refractivity contribution in [1.29, 1.82) is 0 Å². The monoisotopic (exact) mass is 293 g/mol. The van der Waals surface area contributed by atoms with E-state index in [0.717, 1.165) is 0 Å². The Morgan fingerprint density at radius 2 is 2.21 bits per heavy atom. The first kappa shape index (κ1) is 15.7. The SMILES string of the molecule is CC(O)CCC(=O)Nc1ccc(OC(F)F)c(Cl)c1. The molecule has 0 saturated carbocycles. The van der Waals surface area contributed by atoms with Gasteiger partial charge < -0.3 is 15.2 Å². The van der Waals surface area contributed by atoms with Crippen molar-refractivity contribution >= 4 is 23.2 Å². The van der Waals surface area contributed by atoms with E-state index in [1.807, 2.05) is 0 Å². The lowest BCUT2D eigenvalue weighted by Gasteiger charge is -2.10. The summed E-state index contributed by atoms with van der Waals surface area (Å²) in [7, 11) is 0. The Morgan fingerprint density at radius 3 is 2.74 bits per heavy atom. The molecule has 0 aliphatic rings. The topological polar surface area (TPSA) is 58.6 Å². The van der Waals surface area contributed by atoms with Gasteiger partial charge >= 0.3 is 6.61 Å². The lowest BCUT2D eigenvalue weighted by atomic mass is 10.2. The Balaban J connectivity index is 2.60. The average Bonchev–Trinajstić information content (AvgIpc) is 2.29. The lowest BCUT2D eigenvalue weighted by Crippen LogP contribution is -2.14. The molecular formula is C12H14ClF2NO3. The zero-order chi connectivity index (χ0) is 14.4. The maximum absolute atomic E-state index is 12.0. The van der Waals surface area contributed by atoms with Crippen LogP contribution in [0.15, 0.2) is 18.2 Å². The molecule has 2 N–H and O–H groups in total. The number of nitrogens with one attached hydrogen (secondary N) is 1. The van der Waals surface area contributed by atoms with Gasteiger partial charge in [0.05, 0.1) is 11.1 Å². The molecule has 0 heterocycles. The first-order chi connectivity index (χ1) is 8.88. The van der Waals surface area contributed by atoms with Gasteiger partial charge in [-0.05, 0) is 31.5 Å². The predicted octanol–water partition coefficient (Wildman–Crippen LogP) is 3.04. The smallest absolute Gasteiger partial charge is 0.387 e. The molecule has 7 heteroatoms. The number of benzene rings is 1. The predicted molar refractivity (Wildman–Crippen MR) is 67.6 cm³/mol. The number of alkyl halides is 2. The van der Waals surface area contributed by atoms with Gasteiger partial charge in [0.2, 0.25) is 5.91 Å². The van der Waals surface area contributed by atoms with Crippen molar-refractivity contribution in [1.82, 2.24) is 0 Å². The van der Waals surface area contributed by atoms with E-state index in [4.69, 9.17) is 16.7 Å². The van der Waals surface area contributed by atoms with E-state index in [-0.39, 0.29) is 23.1 Å². The van der Waals surface area contributed by atoms with Crippen molar-refractivity contribution in [2.75, 3.05) is 5.32 Å². The first-order valence-electron chi connectivity index (χ1n) is 5.60. The highest BCUT2D eigenvalue weighted by atomic mass is 35.5. The highest BCUT2D eigenvalue weighted by Crippen LogP contribution is 2.28. The molecule has 1 aromatic carbocycles. The van der Waals surface area contributed by atoms with Crippen molar-refractivity contribution in [2.24, 2.45) is 0 Å². The maximum Gasteiger partial charge on any atom is 0.387 e. The summed E-state index contributed by atoms with van der Waals surface area (Å²) in [5, 5.41) is 11.6. The number of carbonyl (C=O) groups is 1. The molecule has 1 rings (SSSR count). The fourth-order valence-corrected chi connectivity index (χ4v) is 1.56. The van der Waals surface area contributed by atoms with Crippen LogP contribution >= 0.6 is 11.6 Å². The third-order valence-electron chi connectivity index (χ3n) is 2.22. The Labute approximate surface area is 114 Å². The van der Waals surface area contributed by atoms with Crippen molar-refractivity contribution < 1.29 is 23.4 Å². The summed E-state index contributed by atoms with van der Waals surface area (Å²) >= 11 is 5.73. The van der Waals surface area contributed by atoms with E-state index in [1.165, 1.54) is 18.2 Å². The molecule has 106 valence electrons. The van der Waals surface area contributed by atoms with Crippen LogP contribution in [-0.4, -0.2) is 23.7 Å². The van der Waals surface area contributed by atoms with Crippen molar-refractivity contribution in [3.8, 4) is 5.75 Å². The normalized spacial score (nSPS) is 12.3. The van der Waals surface area contributed by atoms with E-state index in [0.29, 0.717) is 12.1 Å². The summed E-state index contributed by atoms with van der Waals surface area (Å²) in [5.74, 6) is -0.446. The van der Waals surface area contributed by atoms with E-state index >= 15 is 0 Å². The number of ether oxygens (including phenoxy) is 1. The molecule has 1 aromatic rings. The van der Waals surface area contributed by atoms with Crippen LogP contribution in [0.25, 0.3) is 0 Å². The van der Waals surface area contributed by atoms with Crippen LogP contribution in [-0.2, 0) is 4.79 Å². The second-order valence-electron chi connectivity index (χ2n) is 3.96. The van der Waals surface area contributed by atoms with Crippen LogP contribution in [0.5, 0.6) is 5.75 Å². The highest BCUT2D eigenvalue weighted by molar-refractivity contribution is 6.32. The molecule has 1 atom stereocenters. The number of carbonyl (C=O) groups excluding carboxylic acids is 1. The minimum Gasteiger partial charge on any atom is -0.433 e. The number of halogens is 3.